The van der Waals surface area contributed by atoms with Crippen LogP contribution in [0.2, 0.25) is 0 Å². The van der Waals surface area contributed by atoms with Crippen LogP contribution in [0.25, 0.3) is 0 Å². The maximum atomic E-state index is 12.0. The Morgan fingerprint density at radius 2 is 2.31 bits per heavy atom. The Labute approximate surface area is 82.3 Å². The molecule has 3 nitrogen and oxygen atoms in total. The number of alkyl halides is 1. The lowest BCUT2D eigenvalue weighted by Crippen LogP contribution is -2.35. The Morgan fingerprint density at radius 3 is 2.69 bits per heavy atom. The lowest BCUT2D eigenvalue weighted by Gasteiger charge is -2.13. The number of halogens is 1. The average Bonchev–Trinajstić information content (AvgIpc) is 2.32. The molecular weight excluding hydrogens is 191 g/mol. The maximum Gasteiger partial charge on any atom is 0.251 e. The Morgan fingerprint density at radius 1 is 1.69 bits per heavy atom. The van der Waals surface area contributed by atoms with E-state index >= 15 is 0 Å². The fraction of sp³-hybridized carbons (Fsp3) is 0.750. The summed E-state index contributed by atoms with van der Waals surface area (Å²) in [7, 11) is 0. The fourth-order valence-corrected chi connectivity index (χ4v) is 1.60. The molecule has 0 aliphatic carbocycles. The fourth-order valence-electron chi connectivity index (χ4n) is 1.29. The van der Waals surface area contributed by atoms with Crippen LogP contribution in [0.1, 0.15) is 13.8 Å². The lowest BCUT2D eigenvalue weighted by molar-refractivity contribution is -0.128. The summed E-state index contributed by atoms with van der Waals surface area (Å²) < 4.78 is 12.0. The zero-order valence-corrected chi connectivity index (χ0v) is 8.53. The monoisotopic (exact) mass is 204 g/mol. The third-order valence-electron chi connectivity index (χ3n) is 2.03. The van der Waals surface area contributed by atoms with Crippen LogP contribution in [0.15, 0.2) is 0 Å². The van der Waals surface area contributed by atoms with Gasteiger partial charge in [0.25, 0.3) is 5.91 Å². The first-order chi connectivity index (χ1) is 6.07. The molecule has 1 fully saturated rings. The van der Waals surface area contributed by atoms with Crippen LogP contribution in [0.3, 0.4) is 0 Å². The molecule has 1 aliphatic heterocycles. The molecule has 1 N–H and O–H groups in total. The predicted molar refractivity (Wildman–Crippen MR) is 52.0 cm³/mol. The number of hydrogen-bond donors (Lipinski definition) is 1. The summed E-state index contributed by atoms with van der Waals surface area (Å²) in [6, 6.07) is -0.279. The summed E-state index contributed by atoms with van der Waals surface area (Å²) in [6.45, 7) is 3.36. The first kappa shape index (κ1) is 10.4. The van der Waals surface area contributed by atoms with Crippen LogP contribution in [-0.2, 0) is 4.79 Å². The number of hydrogen-bond acceptors (Lipinski definition) is 2. The zero-order valence-electron chi connectivity index (χ0n) is 7.71. The Balaban J connectivity index is 2.69. The van der Waals surface area contributed by atoms with Gasteiger partial charge < -0.3 is 5.32 Å². The maximum absolute atomic E-state index is 12.0. The Kier molecular flexibility index (Phi) is 3.19. The van der Waals surface area contributed by atoms with Gasteiger partial charge in [0.2, 0.25) is 0 Å². The second-order valence-electron chi connectivity index (χ2n) is 3.35. The van der Waals surface area contributed by atoms with E-state index in [0.717, 1.165) is 0 Å². The quantitative estimate of drug-likeness (QED) is 0.687. The number of nitrogens with one attached hydrogen (secondary N) is 1. The first-order valence-electron chi connectivity index (χ1n) is 4.25. The van der Waals surface area contributed by atoms with Gasteiger partial charge in [0.05, 0.1) is 6.54 Å². The van der Waals surface area contributed by atoms with Gasteiger partial charge in [-0.05, 0) is 18.1 Å². The molecule has 0 radical (unpaired) electrons. The van der Waals surface area contributed by atoms with Crippen molar-refractivity contribution in [3.63, 3.8) is 0 Å². The van der Waals surface area contributed by atoms with Crippen LogP contribution in [0, 0.1) is 5.92 Å². The highest BCUT2D eigenvalue weighted by molar-refractivity contribution is 7.80. The molecule has 1 saturated heterocycles. The minimum atomic E-state index is -0.557. The van der Waals surface area contributed by atoms with Gasteiger partial charge in [-0.1, -0.05) is 13.8 Å². The number of rotatable bonds is 3. The first-order valence-corrected chi connectivity index (χ1v) is 4.66. The molecule has 0 saturated carbocycles. The number of carbonyl (C=O) groups is 1. The molecule has 0 spiro atoms. The molecule has 1 atom stereocenters. The summed E-state index contributed by atoms with van der Waals surface area (Å²) in [5.41, 5.74) is 0. The molecule has 1 aliphatic rings. The molecule has 13 heavy (non-hydrogen) atoms. The molecule has 0 aromatic carbocycles. The molecular formula is C8H13FN2OS. The van der Waals surface area contributed by atoms with E-state index in [-0.39, 0.29) is 24.4 Å². The van der Waals surface area contributed by atoms with Crippen LogP contribution in [-0.4, -0.2) is 35.2 Å². The van der Waals surface area contributed by atoms with Crippen molar-refractivity contribution in [1.82, 2.24) is 10.2 Å². The molecule has 74 valence electrons. The largest absolute Gasteiger partial charge is 0.350 e. The van der Waals surface area contributed by atoms with Crippen LogP contribution >= 0.6 is 12.2 Å². The van der Waals surface area contributed by atoms with Gasteiger partial charge in [0.1, 0.15) is 12.7 Å². The van der Waals surface area contributed by atoms with Gasteiger partial charge in [-0.3, -0.25) is 9.69 Å². The average molecular weight is 204 g/mol. The third-order valence-corrected chi connectivity index (χ3v) is 2.37. The highest BCUT2D eigenvalue weighted by Crippen LogP contribution is 2.13. The Hall–Kier alpha value is -0.710. The topological polar surface area (TPSA) is 32.3 Å². The normalized spacial score (nSPS) is 22.8. The predicted octanol–water partition coefficient (Wildman–Crippen LogP) is 0.697. The highest BCUT2D eigenvalue weighted by atomic mass is 32.1. The van der Waals surface area contributed by atoms with E-state index in [1.165, 1.54) is 4.90 Å². The number of thiocarbonyl (C=S) groups is 1. The van der Waals surface area contributed by atoms with E-state index in [0.29, 0.717) is 5.11 Å². The van der Waals surface area contributed by atoms with Crippen LogP contribution in [0.4, 0.5) is 4.39 Å². The molecule has 0 aromatic heterocycles. The van der Waals surface area contributed by atoms with Crippen molar-refractivity contribution in [2.45, 2.75) is 19.9 Å². The minimum absolute atomic E-state index is 0.0634. The zero-order chi connectivity index (χ0) is 10.0. The summed E-state index contributed by atoms with van der Waals surface area (Å²) in [5.74, 6) is 0.0627. The van der Waals surface area contributed by atoms with Crippen molar-refractivity contribution in [2.24, 2.45) is 5.92 Å². The lowest BCUT2D eigenvalue weighted by atomic mass is 10.1. The number of carbonyl (C=O) groups excluding carboxylic acids is 1. The van der Waals surface area contributed by atoms with Crippen LogP contribution in [0.5, 0.6) is 0 Å². The van der Waals surface area contributed by atoms with Gasteiger partial charge in [0, 0.05) is 0 Å². The van der Waals surface area contributed by atoms with Crippen LogP contribution < -0.4 is 5.32 Å². The summed E-state index contributed by atoms with van der Waals surface area (Å²) in [6.07, 6.45) is 0. The third kappa shape index (κ3) is 1.96. The van der Waals surface area contributed by atoms with Gasteiger partial charge in [-0.25, -0.2) is 4.39 Å². The van der Waals surface area contributed by atoms with Crippen molar-refractivity contribution in [1.29, 1.82) is 0 Å². The molecule has 1 amide bonds. The van der Waals surface area contributed by atoms with E-state index in [2.05, 4.69) is 5.32 Å². The summed E-state index contributed by atoms with van der Waals surface area (Å²) in [4.78, 5) is 12.8. The van der Waals surface area contributed by atoms with Crippen molar-refractivity contribution >= 4 is 23.2 Å². The van der Waals surface area contributed by atoms with Crippen molar-refractivity contribution in [2.75, 3.05) is 13.2 Å². The van der Waals surface area contributed by atoms with Crippen molar-refractivity contribution < 1.29 is 9.18 Å². The highest BCUT2D eigenvalue weighted by Gasteiger charge is 2.36. The van der Waals surface area contributed by atoms with E-state index in [9.17, 15) is 9.18 Å². The number of nitrogens with zero attached hydrogens (tertiary/aromatic N) is 1. The molecule has 1 unspecified atom stereocenters. The second kappa shape index (κ2) is 4.00. The van der Waals surface area contributed by atoms with Gasteiger partial charge in [-0.15, -0.1) is 0 Å². The van der Waals surface area contributed by atoms with Gasteiger partial charge in [-0.2, -0.15) is 0 Å². The second-order valence-corrected chi connectivity index (χ2v) is 3.74. The van der Waals surface area contributed by atoms with E-state index < -0.39 is 6.67 Å². The van der Waals surface area contributed by atoms with E-state index in [4.69, 9.17) is 12.2 Å². The van der Waals surface area contributed by atoms with Crippen molar-refractivity contribution in [3.8, 4) is 0 Å². The summed E-state index contributed by atoms with van der Waals surface area (Å²) in [5, 5.41) is 3.23. The molecule has 1 heterocycles. The SMILES string of the molecule is CC(C)C1NC(=S)N(CCF)C1=O. The summed E-state index contributed by atoms with van der Waals surface area (Å²) >= 11 is 4.91. The smallest absolute Gasteiger partial charge is 0.251 e. The molecule has 0 aromatic rings. The number of amides is 1. The van der Waals surface area contributed by atoms with Crippen molar-refractivity contribution in [3.05, 3.63) is 0 Å². The Bertz CT molecular complexity index is 232. The minimum Gasteiger partial charge on any atom is -0.350 e. The standard InChI is InChI=1S/C8H13FN2OS/c1-5(2)6-7(12)11(4-3-9)8(13)10-6/h5-6H,3-4H2,1-2H3,(H,10,13). The van der Waals surface area contributed by atoms with Gasteiger partial charge in [0.15, 0.2) is 5.11 Å². The van der Waals surface area contributed by atoms with Gasteiger partial charge >= 0.3 is 0 Å². The van der Waals surface area contributed by atoms with E-state index in [1.54, 1.807) is 0 Å². The molecule has 1 rings (SSSR count). The molecule has 0 bridgehead atoms. The van der Waals surface area contributed by atoms with E-state index in [1.807, 2.05) is 13.8 Å². The molecule has 5 heteroatoms.